The number of hydrogen-bond donors (Lipinski definition) is 1. The SMILES string of the molecule is CC1c2ccc(C(=O)NCc3c(F)cc(F)cc3F)cc2N(Cc2c(F)cccc2F)C(=O)N1C. The fourth-order valence-corrected chi connectivity index (χ4v) is 3.95. The van der Waals surface area contributed by atoms with Crippen LogP contribution in [0.25, 0.3) is 0 Å². The van der Waals surface area contributed by atoms with Crippen molar-refractivity contribution in [3.63, 3.8) is 0 Å². The van der Waals surface area contributed by atoms with E-state index in [0.29, 0.717) is 17.7 Å². The van der Waals surface area contributed by atoms with E-state index in [1.807, 2.05) is 0 Å². The van der Waals surface area contributed by atoms with Crippen molar-refractivity contribution in [3.8, 4) is 0 Å². The summed E-state index contributed by atoms with van der Waals surface area (Å²) in [6, 6.07) is 7.91. The van der Waals surface area contributed by atoms with Gasteiger partial charge in [-0.25, -0.2) is 26.7 Å². The minimum absolute atomic E-state index is 0.0511. The topological polar surface area (TPSA) is 52.7 Å². The fraction of sp³-hybridized carbons (Fsp3) is 0.200. The average Bonchev–Trinajstić information content (AvgIpc) is 2.80. The summed E-state index contributed by atoms with van der Waals surface area (Å²) in [5.41, 5.74) is 0.132. The molecule has 4 rings (SSSR count). The Bertz CT molecular complexity index is 1290. The van der Waals surface area contributed by atoms with E-state index < -0.39 is 65.7 Å². The van der Waals surface area contributed by atoms with E-state index in [-0.39, 0.29) is 16.8 Å². The van der Waals surface area contributed by atoms with Crippen molar-refractivity contribution < 1.29 is 31.5 Å². The van der Waals surface area contributed by atoms with Crippen molar-refractivity contribution >= 4 is 17.6 Å². The third kappa shape index (κ3) is 4.55. The van der Waals surface area contributed by atoms with Crippen LogP contribution in [0.15, 0.2) is 48.5 Å². The molecule has 1 heterocycles. The Morgan fingerprint density at radius 3 is 2.17 bits per heavy atom. The van der Waals surface area contributed by atoms with Crippen LogP contribution < -0.4 is 10.2 Å². The molecule has 0 aliphatic carbocycles. The molecule has 35 heavy (non-hydrogen) atoms. The average molecular weight is 489 g/mol. The van der Waals surface area contributed by atoms with Crippen LogP contribution in [0.3, 0.4) is 0 Å². The van der Waals surface area contributed by atoms with Gasteiger partial charge in [0.15, 0.2) is 0 Å². The number of nitrogens with zero attached hydrogens (tertiary/aromatic N) is 2. The quantitative estimate of drug-likeness (QED) is 0.485. The Kier molecular flexibility index (Phi) is 6.47. The third-order valence-electron chi connectivity index (χ3n) is 6.06. The molecule has 0 bridgehead atoms. The summed E-state index contributed by atoms with van der Waals surface area (Å²) in [5.74, 6) is -5.73. The van der Waals surface area contributed by atoms with E-state index in [1.165, 1.54) is 23.1 Å². The third-order valence-corrected chi connectivity index (χ3v) is 6.06. The van der Waals surface area contributed by atoms with Crippen molar-refractivity contribution in [1.82, 2.24) is 10.2 Å². The maximum atomic E-state index is 14.3. The number of carbonyl (C=O) groups is 2. The second-order valence-electron chi connectivity index (χ2n) is 8.16. The summed E-state index contributed by atoms with van der Waals surface area (Å²) in [5, 5.41) is 2.36. The molecule has 1 N–H and O–H groups in total. The second kappa shape index (κ2) is 9.36. The van der Waals surface area contributed by atoms with Crippen LogP contribution in [-0.4, -0.2) is 23.9 Å². The minimum Gasteiger partial charge on any atom is -0.348 e. The summed E-state index contributed by atoms with van der Waals surface area (Å²) >= 11 is 0. The van der Waals surface area contributed by atoms with Gasteiger partial charge in [-0.1, -0.05) is 12.1 Å². The summed E-state index contributed by atoms with van der Waals surface area (Å²) in [4.78, 5) is 28.3. The van der Waals surface area contributed by atoms with Crippen molar-refractivity contribution in [1.29, 1.82) is 0 Å². The molecule has 1 unspecified atom stereocenters. The highest BCUT2D eigenvalue weighted by Crippen LogP contribution is 2.37. The molecule has 0 spiro atoms. The molecule has 0 saturated carbocycles. The van der Waals surface area contributed by atoms with Gasteiger partial charge in [-0.3, -0.25) is 9.69 Å². The summed E-state index contributed by atoms with van der Waals surface area (Å²) in [6.07, 6.45) is 0. The fourth-order valence-electron chi connectivity index (χ4n) is 3.95. The first-order valence-corrected chi connectivity index (χ1v) is 10.6. The van der Waals surface area contributed by atoms with Gasteiger partial charge in [0.25, 0.3) is 5.91 Å². The number of rotatable bonds is 5. The smallest absolute Gasteiger partial charge is 0.325 e. The minimum atomic E-state index is -1.14. The second-order valence-corrected chi connectivity index (χ2v) is 8.16. The number of hydrogen-bond acceptors (Lipinski definition) is 2. The molecule has 5 nitrogen and oxygen atoms in total. The highest BCUT2D eigenvalue weighted by atomic mass is 19.2. The maximum Gasteiger partial charge on any atom is 0.325 e. The lowest BCUT2D eigenvalue weighted by molar-refractivity contribution is 0.0950. The Morgan fingerprint density at radius 1 is 0.914 bits per heavy atom. The number of fused-ring (bicyclic) bond motifs is 1. The molecule has 1 aliphatic heterocycles. The largest absolute Gasteiger partial charge is 0.348 e. The molecule has 10 heteroatoms. The zero-order valence-corrected chi connectivity index (χ0v) is 18.7. The highest BCUT2D eigenvalue weighted by molar-refractivity contribution is 5.99. The molecule has 1 aliphatic rings. The van der Waals surface area contributed by atoms with Gasteiger partial charge in [0.2, 0.25) is 0 Å². The lowest BCUT2D eigenvalue weighted by Gasteiger charge is -2.39. The number of nitrogens with one attached hydrogen (secondary N) is 1. The molecular weight excluding hydrogens is 469 g/mol. The highest BCUT2D eigenvalue weighted by Gasteiger charge is 2.34. The Balaban J connectivity index is 1.65. The number of anilines is 1. The summed E-state index contributed by atoms with van der Waals surface area (Å²) in [7, 11) is 1.55. The number of amides is 3. The maximum absolute atomic E-state index is 14.3. The van der Waals surface area contributed by atoms with Gasteiger partial charge < -0.3 is 10.2 Å². The van der Waals surface area contributed by atoms with Gasteiger partial charge in [0.05, 0.1) is 18.3 Å². The number of halogens is 5. The van der Waals surface area contributed by atoms with Crippen LogP contribution >= 0.6 is 0 Å². The van der Waals surface area contributed by atoms with E-state index in [0.717, 1.165) is 17.0 Å². The number of benzene rings is 3. The van der Waals surface area contributed by atoms with Gasteiger partial charge in [-0.05, 0) is 36.8 Å². The zero-order chi connectivity index (χ0) is 25.4. The van der Waals surface area contributed by atoms with E-state index in [1.54, 1.807) is 20.0 Å². The Hall–Kier alpha value is -3.95. The molecule has 0 aromatic heterocycles. The molecule has 3 aromatic rings. The van der Waals surface area contributed by atoms with Crippen LogP contribution in [0.5, 0.6) is 0 Å². The van der Waals surface area contributed by atoms with E-state index >= 15 is 0 Å². The van der Waals surface area contributed by atoms with Crippen LogP contribution in [0.1, 0.15) is 40.0 Å². The van der Waals surface area contributed by atoms with E-state index in [4.69, 9.17) is 0 Å². The number of urea groups is 1. The normalized spacial score (nSPS) is 15.3. The molecule has 3 aromatic carbocycles. The Labute approximate surface area is 197 Å². The molecule has 3 amide bonds. The molecule has 0 radical (unpaired) electrons. The predicted molar refractivity (Wildman–Crippen MR) is 118 cm³/mol. The van der Waals surface area contributed by atoms with Crippen molar-refractivity contribution in [2.45, 2.75) is 26.1 Å². The first-order valence-electron chi connectivity index (χ1n) is 10.6. The van der Waals surface area contributed by atoms with Gasteiger partial charge in [-0.15, -0.1) is 0 Å². The van der Waals surface area contributed by atoms with E-state index in [2.05, 4.69) is 5.32 Å². The van der Waals surface area contributed by atoms with Crippen LogP contribution in [0.2, 0.25) is 0 Å². The Morgan fingerprint density at radius 2 is 1.54 bits per heavy atom. The monoisotopic (exact) mass is 489 g/mol. The van der Waals surface area contributed by atoms with Gasteiger partial charge >= 0.3 is 6.03 Å². The summed E-state index contributed by atoms with van der Waals surface area (Å²) < 4.78 is 69.5. The molecular formula is C25H20F5N3O2. The van der Waals surface area contributed by atoms with Crippen LogP contribution in [0.4, 0.5) is 32.4 Å². The van der Waals surface area contributed by atoms with Gasteiger partial charge in [0.1, 0.15) is 29.1 Å². The first kappa shape index (κ1) is 24.2. The van der Waals surface area contributed by atoms with E-state index in [9.17, 15) is 31.5 Å². The molecule has 182 valence electrons. The lowest BCUT2D eigenvalue weighted by atomic mass is 9.98. The van der Waals surface area contributed by atoms with Crippen molar-refractivity contribution in [3.05, 3.63) is 99.9 Å². The first-order chi connectivity index (χ1) is 16.6. The zero-order valence-electron chi connectivity index (χ0n) is 18.7. The lowest BCUT2D eigenvalue weighted by Crippen LogP contribution is -2.47. The van der Waals surface area contributed by atoms with Crippen LogP contribution in [0, 0.1) is 29.1 Å². The van der Waals surface area contributed by atoms with Crippen molar-refractivity contribution in [2.24, 2.45) is 0 Å². The molecule has 0 saturated heterocycles. The van der Waals surface area contributed by atoms with Crippen LogP contribution in [-0.2, 0) is 13.1 Å². The molecule has 1 atom stereocenters. The standard InChI is InChI=1S/C25H20F5N3O2/c1-13-16-7-6-14(24(34)31-11-17-21(29)9-15(26)10-22(17)30)8-23(16)33(25(35)32(13)2)12-18-19(27)4-3-5-20(18)28/h3-10,13H,11-12H2,1-2H3,(H,31,34). The number of carbonyl (C=O) groups excluding carboxylic acids is 2. The predicted octanol–water partition coefficient (Wildman–Crippen LogP) is 5.45. The van der Waals surface area contributed by atoms with Crippen molar-refractivity contribution in [2.75, 3.05) is 11.9 Å². The molecule has 0 fully saturated rings. The van der Waals surface area contributed by atoms with Gasteiger partial charge in [0, 0.05) is 42.4 Å². The summed E-state index contributed by atoms with van der Waals surface area (Å²) in [6.45, 7) is 0.798. The van der Waals surface area contributed by atoms with Gasteiger partial charge in [-0.2, -0.15) is 0 Å².